The van der Waals surface area contributed by atoms with Crippen LogP contribution >= 0.6 is 0 Å². The maximum Gasteiger partial charge on any atom is 0.0900 e. The standard InChI is InChI=1S/C20H31NO2/c1-21(17-10-3-2-4-11-17)14-18(22)15-23-20-13-7-9-16-8-5-6-12-19(16)20/h5-6,8,12,17-18,20,22H,2-4,7,9-11,13-15H2,1H3. The van der Waals surface area contributed by atoms with Crippen LogP contribution in [0.15, 0.2) is 24.3 Å². The highest BCUT2D eigenvalue weighted by molar-refractivity contribution is 5.31. The van der Waals surface area contributed by atoms with Crippen molar-refractivity contribution in [1.29, 1.82) is 0 Å². The van der Waals surface area contributed by atoms with Crippen LogP contribution in [-0.2, 0) is 11.2 Å². The molecule has 128 valence electrons. The van der Waals surface area contributed by atoms with Gasteiger partial charge in [0.05, 0.1) is 18.8 Å². The molecule has 3 heteroatoms. The average molecular weight is 317 g/mol. The monoisotopic (exact) mass is 317 g/mol. The van der Waals surface area contributed by atoms with Crippen LogP contribution in [0.5, 0.6) is 0 Å². The van der Waals surface area contributed by atoms with Crippen LogP contribution in [-0.4, -0.2) is 42.4 Å². The van der Waals surface area contributed by atoms with Crippen LogP contribution in [0.1, 0.15) is 62.2 Å². The second-order valence-electron chi connectivity index (χ2n) is 7.30. The quantitative estimate of drug-likeness (QED) is 0.868. The highest BCUT2D eigenvalue weighted by Crippen LogP contribution is 2.32. The minimum absolute atomic E-state index is 0.162. The van der Waals surface area contributed by atoms with Gasteiger partial charge in [-0.15, -0.1) is 0 Å². The van der Waals surface area contributed by atoms with Crippen molar-refractivity contribution in [2.75, 3.05) is 20.2 Å². The highest BCUT2D eigenvalue weighted by Gasteiger charge is 2.23. The number of likely N-dealkylation sites (N-methyl/N-ethyl adjacent to an activating group) is 1. The number of nitrogens with zero attached hydrogens (tertiary/aromatic N) is 1. The Hall–Kier alpha value is -0.900. The molecule has 1 aromatic rings. The molecule has 0 bridgehead atoms. The van der Waals surface area contributed by atoms with Crippen LogP contribution in [0.2, 0.25) is 0 Å². The van der Waals surface area contributed by atoms with Gasteiger partial charge in [-0.05, 0) is 50.3 Å². The third kappa shape index (κ3) is 4.56. The summed E-state index contributed by atoms with van der Waals surface area (Å²) in [5, 5.41) is 10.4. The van der Waals surface area contributed by atoms with Crippen LogP contribution in [0.3, 0.4) is 0 Å². The van der Waals surface area contributed by atoms with Crippen molar-refractivity contribution in [3.8, 4) is 0 Å². The number of hydrogen-bond acceptors (Lipinski definition) is 3. The van der Waals surface area contributed by atoms with Gasteiger partial charge in [-0.3, -0.25) is 0 Å². The molecule has 1 N–H and O–H groups in total. The molecule has 0 aliphatic heterocycles. The van der Waals surface area contributed by atoms with Gasteiger partial charge < -0.3 is 14.7 Å². The van der Waals surface area contributed by atoms with E-state index in [4.69, 9.17) is 4.74 Å². The molecule has 1 fully saturated rings. The molecule has 1 aromatic carbocycles. The number of aliphatic hydroxyl groups is 1. The third-order valence-corrected chi connectivity index (χ3v) is 5.50. The van der Waals surface area contributed by atoms with Crippen LogP contribution in [0.4, 0.5) is 0 Å². The van der Waals surface area contributed by atoms with Gasteiger partial charge in [0.2, 0.25) is 0 Å². The summed E-state index contributed by atoms with van der Waals surface area (Å²) < 4.78 is 6.08. The van der Waals surface area contributed by atoms with Crippen molar-refractivity contribution >= 4 is 0 Å². The van der Waals surface area contributed by atoms with E-state index in [9.17, 15) is 5.11 Å². The molecule has 2 aliphatic carbocycles. The number of ether oxygens (including phenoxy) is 1. The Morgan fingerprint density at radius 3 is 2.74 bits per heavy atom. The smallest absolute Gasteiger partial charge is 0.0900 e. The Labute approximate surface area is 140 Å². The van der Waals surface area contributed by atoms with Crippen LogP contribution in [0, 0.1) is 0 Å². The molecular weight excluding hydrogens is 286 g/mol. The maximum absolute atomic E-state index is 10.4. The lowest BCUT2D eigenvalue weighted by atomic mass is 9.89. The van der Waals surface area contributed by atoms with Crippen molar-refractivity contribution in [1.82, 2.24) is 4.90 Å². The first-order chi connectivity index (χ1) is 11.2. The normalized spacial score (nSPS) is 23.7. The molecular formula is C20H31NO2. The van der Waals surface area contributed by atoms with Gasteiger partial charge in [0.25, 0.3) is 0 Å². The van der Waals surface area contributed by atoms with Crippen molar-refractivity contribution in [2.45, 2.75) is 69.6 Å². The lowest BCUT2D eigenvalue weighted by Crippen LogP contribution is -2.40. The second-order valence-corrected chi connectivity index (χ2v) is 7.30. The fourth-order valence-corrected chi connectivity index (χ4v) is 4.17. The van der Waals surface area contributed by atoms with Gasteiger partial charge in [0, 0.05) is 12.6 Å². The van der Waals surface area contributed by atoms with E-state index < -0.39 is 6.10 Å². The summed E-state index contributed by atoms with van der Waals surface area (Å²) in [6.45, 7) is 1.16. The summed E-state index contributed by atoms with van der Waals surface area (Å²) in [6, 6.07) is 9.23. The zero-order chi connectivity index (χ0) is 16.1. The Morgan fingerprint density at radius 2 is 1.91 bits per heavy atom. The summed E-state index contributed by atoms with van der Waals surface area (Å²) in [4.78, 5) is 2.34. The van der Waals surface area contributed by atoms with Gasteiger partial charge >= 0.3 is 0 Å². The van der Waals surface area contributed by atoms with Crippen molar-refractivity contribution in [3.63, 3.8) is 0 Å². The number of benzene rings is 1. The predicted octanol–water partition coefficient (Wildman–Crippen LogP) is 3.71. The lowest BCUT2D eigenvalue weighted by Gasteiger charge is -2.33. The summed E-state index contributed by atoms with van der Waals surface area (Å²) in [6.07, 6.45) is 9.77. The van der Waals surface area contributed by atoms with Gasteiger partial charge in [-0.1, -0.05) is 43.5 Å². The van der Waals surface area contributed by atoms with Gasteiger partial charge in [0.1, 0.15) is 0 Å². The summed E-state index contributed by atoms with van der Waals surface area (Å²) in [7, 11) is 2.15. The fraction of sp³-hybridized carbons (Fsp3) is 0.700. The van der Waals surface area contributed by atoms with Gasteiger partial charge in [-0.2, -0.15) is 0 Å². The maximum atomic E-state index is 10.4. The molecule has 0 aromatic heterocycles. The average Bonchev–Trinajstić information content (AvgIpc) is 2.60. The fourth-order valence-electron chi connectivity index (χ4n) is 4.17. The molecule has 0 saturated heterocycles. The molecule has 1 saturated carbocycles. The largest absolute Gasteiger partial charge is 0.389 e. The first-order valence-corrected chi connectivity index (χ1v) is 9.32. The van der Waals surface area contributed by atoms with E-state index in [-0.39, 0.29) is 6.10 Å². The topological polar surface area (TPSA) is 32.7 Å². The first-order valence-electron chi connectivity index (χ1n) is 9.32. The minimum atomic E-state index is -0.393. The molecule has 0 amide bonds. The summed E-state index contributed by atoms with van der Waals surface area (Å²) in [5.41, 5.74) is 2.74. The molecule has 0 radical (unpaired) electrons. The van der Waals surface area contributed by atoms with Crippen LogP contribution < -0.4 is 0 Å². The Bertz CT molecular complexity index is 484. The van der Waals surface area contributed by atoms with E-state index >= 15 is 0 Å². The SMILES string of the molecule is CN(CC(O)COC1CCCc2ccccc21)C1CCCCC1. The number of aryl methyl sites for hydroxylation is 1. The number of hydrogen-bond donors (Lipinski definition) is 1. The molecule has 2 unspecified atom stereocenters. The van der Waals surface area contributed by atoms with Crippen molar-refractivity contribution < 1.29 is 9.84 Å². The number of aliphatic hydroxyl groups excluding tert-OH is 1. The molecule has 2 aliphatic rings. The van der Waals surface area contributed by atoms with Gasteiger partial charge in [-0.25, -0.2) is 0 Å². The summed E-state index contributed by atoms with van der Waals surface area (Å²) in [5.74, 6) is 0. The zero-order valence-corrected chi connectivity index (χ0v) is 14.4. The molecule has 3 rings (SSSR count). The number of rotatable bonds is 6. The molecule has 0 heterocycles. The highest BCUT2D eigenvalue weighted by atomic mass is 16.5. The Balaban J connectivity index is 1.46. The molecule has 3 nitrogen and oxygen atoms in total. The third-order valence-electron chi connectivity index (χ3n) is 5.50. The Kier molecular flexibility index (Phi) is 6.09. The number of fused-ring (bicyclic) bond motifs is 1. The molecule has 0 spiro atoms. The van der Waals surface area contributed by atoms with E-state index in [1.54, 1.807) is 0 Å². The van der Waals surface area contributed by atoms with Crippen LogP contribution in [0.25, 0.3) is 0 Å². The van der Waals surface area contributed by atoms with Crippen molar-refractivity contribution in [3.05, 3.63) is 35.4 Å². The zero-order valence-electron chi connectivity index (χ0n) is 14.4. The van der Waals surface area contributed by atoms with Gasteiger partial charge in [0.15, 0.2) is 0 Å². The van der Waals surface area contributed by atoms with Crippen molar-refractivity contribution in [2.24, 2.45) is 0 Å². The van der Waals surface area contributed by atoms with E-state index in [0.29, 0.717) is 12.6 Å². The predicted molar refractivity (Wildman–Crippen MR) is 93.6 cm³/mol. The minimum Gasteiger partial charge on any atom is -0.389 e. The Morgan fingerprint density at radius 1 is 1.13 bits per heavy atom. The first kappa shape index (κ1) is 16.9. The second kappa shape index (κ2) is 8.27. The van der Waals surface area contributed by atoms with E-state index in [0.717, 1.165) is 19.4 Å². The molecule has 23 heavy (non-hydrogen) atoms. The lowest BCUT2D eigenvalue weighted by molar-refractivity contribution is -0.0307. The van der Waals surface area contributed by atoms with E-state index in [1.807, 2.05) is 0 Å². The van der Waals surface area contributed by atoms with E-state index in [1.165, 1.54) is 49.7 Å². The molecule has 2 atom stereocenters. The van der Waals surface area contributed by atoms with E-state index in [2.05, 4.69) is 36.2 Å². The summed E-state index contributed by atoms with van der Waals surface area (Å²) >= 11 is 0.